The number of carbonyl (C=O) groups excluding carboxylic acids is 1. The second kappa shape index (κ2) is 5.58. The Morgan fingerprint density at radius 3 is 3.11 bits per heavy atom. The summed E-state index contributed by atoms with van der Waals surface area (Å²) in [5.41, 5.74) is 6.54. The molecule has 1 amide bonds. The summed E-state index contributed by atoms with van der Waals surface area (Å²) >= 11 is 3.10. The van der Waals surface area contributed by atoms with Crippen LogP contribution in [0.4, 0.5) is 5.69 Å². The topological polar surface area (TPSA) is 68.0 Å². The van der Waals surface area contributed by atoms with Gasteiger partial charge in [-0.05, 0) is 12.3 Å². The Bertz CT molecular complexity index is 567. The first-order valence-corrected chi connectivity index (χ1v) is 7.67. The number of nitrogens with one attached hydrogen (secondary N) is 1. The third-order valence-corrected chi connectivity index (χ3v) is 4.82. The monoisotopic (exact) mass is 281 g/mol. The predicted molar refractivity (Wildman–Crippen MR) is 79.3 cm³/mol. The zero-order valence-corrected chi connectivity index (χ0v) is 11.9. The molecule has 0 radical (unpaired) electrons. The van der Waals surface area contributed by atoms with Crippen molar-refractivity contribution in [1.29, 1.82) is 0 Å². The molecule has 2 aromatic rings. The molecule has 6 heteroatoms. The number of nitrogen functional groups attached to an aromatic ring is 1. The minimum absolute atomic E-state index is 0.102. The van der Waals surface area contributed by atoms with Crippen LogP contribution >= 0.6 is 23.1 Å². The van der Waals surface area contributed by atoms with Gasteiger partial charge in [-0.15, -0.1) is 11.3 Å². The molecule has 96 valence electrons. The van der Waals surface area contributed by atoms with Crippen LogP contribution in [0, 0.1) is 0 Å². The van der Waals surface area contributed by atoms with E-state index < -0.39 is 0 Å². The minimum atomic E-state index is -0.102. The third-order valence-electron chi connectivity index (χ3n) is 2.69. The standard InChI is InChI=1S/C12H15N3OS2/c1-7(17-2)5-15-12(16)11-10(13)8-3-4-14-6-9(8)18-11/h3-4,6-7H,5,13H2,1-2H3,(H,15,16). The number of hydrogen-bond acceptors (Lipinski definition) is 5. The average Bonchev–Trinajstić information content (AvgIpc) is 2.73. The number of fused-ring (bicyclic) bond motifs is 1. The lowest BCUT2D eigenvalue weighted by atomic mass is 10.2. The quantitative estimate of drug-likeness (QED) is 0.902. The van der Waals surface area contributed by atoms with Gasteiger partial charge in [-0.25, -0.2) is 0 Å². The van der Waals surface area contributed by atoms with Gasteiger partial charge in [-0.3, -0.25) is 9.78 Å². The van der Waals surface area contributed by atoms with Crippen molar-refractivity contribution < 1.29 is 4.79 Å². The van der Waals surface area contributed by atoms with Crippen molar-refractivity contribution >= 4 is 44.8 Å². The molecule has 0 aliphatic carbocycles. The van der Waals surface area contributed by atoms with Crippen LogP contribution in [0.1, 0.15) is 16.6 Å². The van der Waals surface area contributed by atoms with Gasteiger partial charge in [-0.2, -0.15) is 11.8 Å². The molecule has 0 aliphatic heterocycles. The van der Waals surface area contributed by atoms with Crippen molar-refractivity contribution in [2.45, 2.75) is 12.2 Å². The molecule has 0 saturated carbocycles. The van der Waals surface area contributed by atoms with Gasteiger partial charge < -0.3 is 11.1 Å². The number of carbonyl (C=O) groups is 1. The van der Waals surface area contributed by atoms with Crippen molar-refractivity contribution in [2.75, 3.05) is 18.5 Å². The Morgan fingerprint density at radius 1 is 1.67 bits per heavy atom. The molecule has 2 aromatic heterocycles. The fourth-order valence-corrected chi connectivity index (χ4v) is 2.80. The summed E-state index contributed by atoms with van der Waals surface area (Å²) in [6.07, 6.45) is 5.44. The third kappa shape index (κ3) is 2.59. The second-order valence-corrected chi connectivity index (χ2v) is 6.30. The SMILES string of the molecule is CSC(C)CNC(=O)c1sc2cnccc2c1N. The molecule has 0 aromatic carbocycles. The van der Waals surface area contributed by atoms with Gasteiger partial charge in [0.1, 0.15) is 4.88 Å². The van der Waals surface area contributed by atoms with Gasteiger partial charge in [0.05, 0.1) is 10.4 Å². The first-order valence-electron chi connectivity index (χ1n) is 5.56. The van der Waals surface area contributed by atoms with Crippen molar-refractivity contribution in [3.05, 3.63) is 23.3 Å². The summed E-state index contributed by atoms with van der Waals surface area (Å²) in [6, 6.07) is 1.84. The van der Waals surface area contributed by atoms with Crippen molar-refractivity contribution in [3.63, 3.8) is 0 Å². The molecule has 18 heavy (non-hydrogen) atoms. The molecule has 2 heterocycles. The Kier molecular flexibility index (Phi) is 4.08. The molecule has 4 nitrogen and oxygen atoms in total. The van der Waals surface area contributed by atoms with Crippen molar-refractivity contribution in [3.8, 4) is 0 Å². The maximum atomic E-state index is 12.0. The zero-order valence-electron chi connectivity index (χ0n) is 10.3. The van der Waals surface area contributed by atoms with Crippen LogP contribution in [-0.4, -0.2) is 28.9 Å². The molecule has 1 unspecified atom stereocenters. The summed E-state index contributed by atoms with van der Waals surface area (Å²) in [5.74, 6) is -0.102. The zero-order chi connectivity index (χ0) is 13.1. The van der Waals surface area contributed by atoms with E-state index in [0.717, 1.165) is 10.1 Å². The molecule has 0 fully saturated rings. The first kappa shape index (κ1) is 13.2. The number of nitrogens with two attached hydrogens (primary N) is 1. The van der Waals surface area contributed by atoms with Gasteiger partial charge in [-0.1, -0.05) is 6.92 Å². The molecule has 3 N–H and O–H groups in total. The summed E-state index contributed by atoms with van der Waals surface area (Å²) in [7, 11) is 0. The molecule has 2 rings (SSSR count). The maximum absolute atomic E-state index is 12.0. The van der Waals surface area contributed by atoms with Crippen LogP contribution < -0.4 is 11.1 Å². The van der Waals surface area contributed by atoms with E-state index >= 15 is 0 Å². The highest BCUT2D eigenvalue weighted by atomic mass is 32.2. The number of aromatic nitrogens is 1. The number of rotatable bonds is 4. The maximum Gasteiger partial charge on any atom is 0.263 e. The Labute approximate surface area is 114 Å². The number of amides is 1. The van der Waals surface area contributed by atoms with Gasteiger partial charge in [0.2, 0.25) is 0 Å². The molecule has 0 saturated heterocycles. The molecular formula is C12H15N3OS2. The summed E-state index contributed by atoms with van der Waals surface area (Å²) < 4.78 is 0.943. The van der Waals surface area contributed by atoms with Gasteiger partial charge in [0.25, 0.3) is 5.91 Å². The highest BCUT2D eigenvalue weighted by Gasteiger charge is 2.16. The van der Waals surface area contributed by atoms with Gasteiger partial charge >= 0.3 is 0 Å². The first-order chi connectivity index (χ1) is 8.63. The number of thiophene rings is 1. The van der Waals surface area contributed by atoms with Crippen LogP contribution in [0.2, 0.25) is 0 Å². The molecule has 0 bridgehead atoms. The van der Waals surface area contributed by atoms with E-state index in [2.05, 4.69) is 17.2 Å². The number of hydrogen-bond donors (Lipinski definition) is 2. The van der Waals surface area contributed by atoms with Crippen LogP contribution in [0.3, 0.4) is 0 Å². The highest BCUT2D eigenvalue weighted by molar-refractivity contribution is 7.99. The predicted octanol–water partition coefficient (Wildman–Crippen LogP) is 2.36. The lowest BCUT2D eigenvalue weighted by Gasteiger charge is -2.09. The number of anilines is 1. The van der Waals surface area contributed by atoms with E-state index in [-0.39, 0.29) is 5.91 Å². The highest BCUT2D eigenvalue weighted by Crippen LogP contribution is 2.32. The number of thioether (sulfide) groups is 1. The van der Waals surface area contributed by atoms with E-state index in [9.17, 15) is 4.79 Å². The smallest absolute Gasteiger partial charge is 0.263 e. The van der Waals surface area contributed by atoms with Crippen LogP contribution in [0.15, 0.2) is 18.5 Å². The Morgan fingerprint density at radius 2 is 2.44 bits per heavy atom. The summed E-state index contributed by atoms with van der Waals surface area (Å²) in [6.45, 7) is 2.72. The number of pyridine rings is 1. The van der Waals surface area contributed by atoms with Crippen LogP contribution in [-0.2, 0) is 0 Å². The lowest BCUT2D eigenvalue weighted by Crippen LogP contribution is -2.29. The molecule has 0 spiro atoms. The molecular weight excluding hydrogens is 266 g/mol. The molecule has 0 aliphatic rings. The van der Waals surface area contributed by atoms with E-state index in [1.165, 1.54) is 11.3 Å². The van der Waals surface area contributed by atoms with Crippen LogP contribution in [0.25, 0.3) is 10.1 Å². The summed E-state index contributed by atoms with van der Waals surface area (Å²) in [4.78, 5) is 16.7. The van der Waals surface area contributed by atoms with E-state index in [0.29, 0.717) is 22.4 Å². The van der Waals surface area contributed by atoms with E-state index in [1.54, 1.807) is 24.2 Å². The fourth-order valence-electron chi connectivity index (χ4n) is 1.54. The van der Waals surface area contributed by atoms with E-state index in [4.69, 9.17) is 5.73 Å². The Hall–Kier alpha value is -1.27. The number of nitrogens with zero attached hydrogens (tertiary/aromatic N) is 1. The van der Waals surface area contributed by atoms with E-state index in [1.807, 2.05) is 12.3 Å². The van der Waals surface area contributed by atoms with Gasteiger partial charge in [0.15, 0.2) is 0 Å². The molecule has 1 atom stereocenters. The van der Waals surface area contributed by atoms with Crippen molar-refractivity contribution in [1.82, 2.24) is 10.3 Å². The van der Waals surface area contributed by atoms with Crippen LogP contribution in [0.5, 0.6) is 0 Å². The lowest BCUT2D eigenvalue weighted by molar-refractivity contribution is 0.0959. The fraction of sp³-hybridized carbons (Fsp3) is 0.333. The Balaban J connectivity index is 2.20. The normalized spacial score (nSPS) is 12.6. The average molecular weight is 281 g/mol. The summed E-state index contributed by atoms with van der Waals surface area (Å²) in [5, 5.41) is 4.20. The largest absolute Gasteiger partial charge is 0.397 e. The minimum Gasteiger partial charge on any atom is -0.397 e. The second-order valence-electron chi connectivity index (χ2n) is 3.97. The van der Waals surface area contributed by atoms with Gasteiger partial charge in [0, 0.05) is 29.6 Å². The van der Waals surface area contributed by atoms with Crippen molar-refractivity contribution in [2.24, 2.45) is 0 Å².